The summed E-state index contributed by atoms with van der Waals surface area (Å²) < 4.78 is 11.3. The Morgan fingerprint density at radius 2 is 2.20 bits per heavy atom. The highest BCUT2D eigenvalue weighted by molar-refractivity contribution is 5.78. The maximum Gasteiger partial charge on any atom is 0.234 e. The molecule has 1 aliphatic rings. The van der Waals surface area contributed by atoms with Gasteiger partial charge in [0, 0.05) is 6.54 Å². The van der Waals surface area contributed by atoms with E-state index < -0.39 is 0 Å². The van der Waals surface area contributed by atoms with E-state index in [1.165, 1.54) is 0 Å². The molecule has 0 bridgehead atoms. The topological polar surface area (TPSA) is 71.0 Å². The normalized spacial score (nSPS) is 17.1. The molecular formula is C14H20N2O4. The van der Waals surface area contributed by atoms with Gasteiger partial charge in [0.15, 0.2) is 11.5 Å². The predicted molar refractivity (Wildman–Crippen MR) is 73.9 cm³/mol. The highest BCUT2D eigenvalue weighted by Gasteiger charge is 2.21. The average molecular weight is 280 g/mol. The molecule has 0 spiro atoms. The molecule has 6 nitrogen and oxygen atoms in total. The van der Waals surface area contributed by atoms with E-state index in [0.717, 1.165) is 5.75 Å². The molecule has 1 aliphatic heterocycles. The maximum absolute atomic E-state index is 11.7. The molecule has 0 saturated heterocycles. The number of nitrogens with one attached hydrogen (secondary N) is 1. The number of rotatable bonds is 6. The molecule has 0 aromatic heterocycles. The summed E-state index contributed by atoms with van der Waals surface area (Å²) in [5.41, 5.74) is 0. The Labute approximate surface area is 118 Å². The van der Waals surface area contributed by atoms with Crippen molar-refractivity contribution in [2.24, 2.45) is 0 Å². The minimum Gasteiger partial charge on any atom is -0.486 e. The van der Waals surface area contributed by atoms with Crippen LogP contribution in [0, 0.1) is 0 Å². The maximum atomic E-state index is 11.7. The standard InChI is InChI=1S/C14H20N2O4/c1-16(6-7-17)9-14(18)15-8-11-10-19-12-4-2-3-5-13(12)20-11/h2-5,11,17H,6-10H2,1H3,(H,15,18)/t11-/m1/s1. The highest BCUT2D eigenvalue weighted by Crippen LogP contribution is 2.30. The van der Waals surface area contributed by atoms with Crippen molar-refractivity contribution in [2.45, 2.75) is 6.10 Å². The van der Waals surface area contributed by atoms with Crippen LogP contribution in [0.15, 0.2) is 24.3 Å². The molecule has 0 saturated carbocycles. The first-order valence-electron chi connectivity index (χ1n) is 6.63. The fourth-order valence-electron chi connectivity index (χ4n) is 1.94. The van der Waals surface area contributed by atoms with Gasteiger partial charge < -0.3 is 19.9 Å². The van der Waals surface area contributed by atoms with Crippen LogP contribution in [0.1, 0.15) is 0 Å². The molecule has 0 radical (unpaired) electrons. The largest absolute Gasteiger partial charge is 0.486 e. The van der Waals surface area contributed by atoms with E-state index in [0.29, 0.717) is 25.4 Å². The Balaban J connectivity index is 1.74. The van der Waals surface area contributed by atoms with Gasteiger partial charge in [-0.05, 0) is 19.2 Å². The molecule has 2 N–H and O–H groups in total. The van der Waals surface area contributed by atoms with Crippen molar-refractivity contribution in [2.75, 3.05) is 39.9 Å². The summed E-state index contributed by atoms with van der Waals surface area (Å²) in [5, 5.41) is 11.6. The number of nitrogens with zero attached hydrogens (tertiary/aromatic N) is 1. The summed E-state index contributed by atoms with van der Waals surface area (Å²) in [4.78, 5) is 13.4. The Hall–Kier alpha value is -1.79. The van der Waals surface area contributed by atoms with E-state index in [2.05, 4.69) is 5.32 Å². The summed E-state index contributed by atoms with van der Waals surface area (Å²) in [6.07, 6.45) is -0.183. The SMILES string of the molecule is CN(CCO)CC(=O)NC[C@@H]1COc2ccccc2O1. The van der Waals surface area contributed by atoms with Crippen LogP contribution in [-0.4, -0.2) is 61.9 Å². The van der Waals surface area contributed by atoms with Gasteiger partial charge in [-0.15, -0.1) is 0 Å². The zero-order chi connectivity index (χ0) is 14.4. The minimum absolute atomic E-state index is 0.0418. The second-order valence-corrected chi connectivity index (χ2v) is 4.76. The summed E-state index contributed by atoms with van der Waals surface area (Å²) in [7, 11) is 1.78. The third-order valence-corrected chi connectivity index (χ3v) is 2.99. The van der Waals surface area contributed by atoms with Crippen LogP contribution in [0.25, 0.3) is 0 Å². The number of ether oxygens (including phenoxy) is 2. The Morgan fingerprint density at radius 1 is 1.45 bits per heavy atom. The molecule has 1 amide bonds. The molecule has 1 aromatic carbocycles. The molecule has 0 unspecified atom stereocenters. The first-order valence-corrected chi connectivity index (χ1v) is 6.63. The molecule has 20 heavy (non-hydrogen) atoms. The van der Waals surface area contributed by atoms with Crippen LogP contribution in [0.3, 0.4) is 0 Å². The first kappa shape index (κ1) is 14.6. The van der Waals surface area contributed by atoms with Gasteiger partial charge in [-0.3, -0.25) is 9.69 Å². The van der Waals surface area contributed by atoms with Crippen LogP contribution >= 0.6 is 0 Å². The van der Waals surface area contributed by atoms with Crippen LogP contribution in [0.5, 0.6) is 11.5 Å². The molecule has 1 heterocycles. The number of hydrogen-bond acceptors (Lipinski definition) is 5. The summed E-state index contributed by atoms with van der Waals surface area (Å²) in [6, 6.07) is 7.47. The lowest BCUT2D eigenvalue weighted by Crippen LogP contribution is -2.44. The lowest BCUT2D eigenvalue weighted by atomic mass is 10.2. The predicted octanol–water partition coefficient (Wildman–Crippen LogP) is -0.133. The number of benzene rings is 1. The lowest BCUT2D eigenvalue weighted by Gasteiger charge is -2.26. The number of fused-ring (bicyclic) bond motifs is 1. The fraction of sp³-hybridized carbons (Fsp3) is 0.500. The van der Waals surface area contributed by atoms with E-state index in [1.54, 1.807) is 11.9 Å². The van der Waals surface area contributed by atoms with Crippen LogP contribution in [0.4, 0.5) is 0 Å². The fourth-order valence-corrected chi connectivity index (χ4v) is 1.94. The van der Waals surface area contributed by atoms with Gasteiger partial charge >= 0.3 is 0 Å². The van der Waals surface area contributed by atoms with Crippen molar-refractivity contribution >= 4 is 5.91 Å². The molecule has 0 aliphatic carbocycles. The molecule has 1 aromatic rings. The zero-order valence-electron chi connectivity index (χ0n) is 11.5. The first-order chi connectivity index (χ1) is 9.69. The Bertz CT molecular complexity index is 453. The van der Waals surface area contributed by atoms with Crippen LogP contribution in [-0.2, 0) is 4.79 Å². The number of aliphatic hydroxyl groups excluding tert-OH is 1. The Kier molecular flexibility index (Phi) is 5.20. The monoisotopic (exact) mass is 280 g/mol. The molecular weight excluding hydrogens is 260 g/mol. The van der Waals surface area contributed by atoms with Gasteiger partial charge in [0.25, 0.3) is 0 Å². The van der Waals surface area contributed by atoms with E-state index in [4.69, 9.17) is 14.6 Å². The second-order valence-electron chi connectivity index (χ2n) is 4.76. The summed E-state index contributed by atoms with van der Waals surface area (Å²) in [6.45, 7) is 1.60. The van der Waals surface area contributed by atoms with Crippen molar-refractivity contribution in [3.8, 4) is 11.5 Å². The number of hydrogen-bond donors (Lipinski definition) is 2. The summed E-state index contributed by atoms with van der Waals surface area (Å²) >= 11 is 0. The average Bonchev–Trinajstić information content (AvgIpc) is 2.45. The van der Waals surface area contributed by atoms with Gasteiger partial charge in [0.2, 0.25) is 5.91 Å². The van der Waals surface area contributed by atoms with Crippen molar-refractivity contribution in [3.63, 3.8) is 0 Å². The molecule has 6 heteroatoms. The Morgan fingerprint density at radius 3 is 2.95 bits per heavy atom. The second kappa shape index (κ2) is 7.12. The van der Waals surface area contributed by atoms with Crippen molar-refractivity contribution in [1.29, 1.82) is 0 Å². The van der Waals surface area contributed by atoms with E-state index >= 15 is 0 Å². The molecule has 0 fully saturated rings. The lowest BCUT2D eigenvalue weighted by molar-refractivity contribution is -0.122. The van der Waals surface area contributed by atoms with Gasteiger partial charge in [0.1, 0.15) is 12.7 Å². The van der Waals surface area contributed by atoms with Crippen LogP contribution in [0.2, 0.25) is 0 Å². The molecule has 2 rings (SSSR count). The van der Waals surface area contributed by atoms with Gasteiger partial charge in [0.05, 0.1) is 19.7 Å². The summed E-state index contributed by atoms with van der Waals surface area (Å²) in [5.74, 6) is 1.34. The highest BCUT2D eigenvalue weighted by atomic mass is 16.6. The van der Waals surface area contributed by atoms with Crippen molar-refractivity contribution < 1.29 is 19.4 Å². The number of likely N-dealkylation sites (N-methyl/N-ethyl adjacent to an activating group) is 1. The number of aliphatic hydroxyl groups is 1. The zero-order valence-corrected chi connectivity index (χ0v) is 11.5. The number of para-hydroxylation sites is 2. The van der Waals surface area contributed by atoms with E-state index in [1.807, 2.05) is 24.3 Å². The van der Waals surface area contributed by atoms with E-state index in [9.17, 15) is 4.79 Å². The molecule has 110 valence electrons. The third-order valence-electron chi connectivity index (χ3n) is 2.99. The third kappa shape index (κ3) is 4.11. The molecule has 1 atom stereocenters. The van der Waals surface area contributed by atoms with Crippen molar-refractivity contribution in [3.05, 3.63) is 24.3 Å². The van der Waals surface area contributed by atoms with Gasteiger partial charge in [-0.25, -0.2) is 0 Å². The quantitative estimate of drug-likeness (QED) is 0.759. The van der Waals surface area contributed by atoms with Gasteiger partial charge in [-0.1, -0.05) is 12.1 Å². The van der Waals surface area contributed by atoms with E-state index in [-0.39, 0.29) is 25.2 Å². The number of carbonyl (C=O) groups excluding carboxylic acids is 1. The smallest absolute Gasteiger partial charge is 0.234 e. The number of carbonyl (C=O) groups is 1. The van der Waals surface area contributed by atoms with Crippen molar-refractivity contribution in [1.82, 2.24) is 10.2 Å². The minimum atomic E-state index is -0.183. The van der Waals surface area contributed by atoms with Crippen LogP contribution < -0.4 is 14.8 Å². The van der Waals surface area contributed by atoms with Gasteiger partial charge in [-0.2, -0.15) is 0 Å². The number of amides is 1.